The van der Waals surface area contributed by atoms with E-state index < -0.39 is 23.6 Å². The zero-order chi connectivity index (χ0) is 18.0. The number of amides is 3. The molecule has 0 saturated heterocycles. The van der Waals surface area contributed by atoms with Crippen LogP contribution in [-0.2, 0) is 19.1 Å². The lowest BCUT2D eigenvalue weighted by Gasteiger charge is -2.21. The number of alkyl carbamates (subject to hydrolysis) is 1. The minimum Gasteiger partial charge on any atom is -0.444 e. The Kier molecular flexibility index (Phi) is 9.31. The van der Waals surface area contributed by atoms with Gasteiger partial charge in [0.1, 0.15) is 11.6 Å². The van der Waals surface area contributed by atoms with E-state index in [4.69, 9.17) is 4.74 Å². The molecule has 0 aromatic heterocycles. The molecule has 0 fully saturated rings. The summed E-state index contributed by atoms with van der Waals surface area (Å²) in [5.74, 6) is -0.208. The first-order valence-electron chi connectivity index (χ1n) is 7.18. The zero-order valence-electron chi connectivity index (χ0n) is 14.1. The summed E-state index contributed by atoms with van der Waals surface area (Å²) in [6.45, 7) is 8.27. The molecule has 9 heteroatoms. The summed E-state index contributed by atoms with van der Waals surface area (Å²) in [6.07, 6.45) is -0.698. The van der Waals surface area contributed by atoms with Crippen LogP contribution in [0.5, 0.6) is 0 Å². The average Bonchev–Trinajstić information content (AvgIpc) is 2.38. The molecule has 0 aliphatic carbocycles. The fraction of sp³-hybridized carbons (Fsp3) is 0.714. The Labute approximate surface area is 140 Å². The molecule has 0 unspecified atom stereocenters. The summed E-state index contributed by atoms with van der Waals surface area (Å²) in [6, 6.07) is -0.818. The average molecular weight is 347 g/mol. The molecule has 8 nitrogen and oxygen atoms in total. The Morgan fingerprint density at radius 3 is 2.26 bits per heavy atom. The van der Waals surface area contributed by atoms with Crippen LogP contribution in [0.15, 0.2) is 0 Å². The van der Waals surface area contributed by atoms with Crippen molar-refractivity contribution >= 4 is 34.8 Å². The molecule has 1 atom stereocenters. The predicted molar refractivity (Wildman–Crippen MR) is 88.0 cm³/mol. The highest BCUT2D eigenvalue weighted by Crippen LogP contribution is 2.06. The molecule has 0 bridgehead atoms. The molecule has 0 aliphatic heterocycles. The van der Waals surface area contributed by atoms with E-state index in [1.165, 1.54) is 13.8 Å². The second kappa shape index (κ2) is 10.1. The number of carbonyl (C=O) groups is 4. The van der Waals surface area contributed by atoms with Crippen LogP contribution in [0.25, 0.3) is 0 Å². The van der Waals surface area contributed by atoms with Crippen LogP contribution in [0.3, 0.4) is 0 Å². The summed E-state index contributed by atoms with van der Waals surface area (Å²) in [5.41, 5.74) is -0.652. The fourth-order valence-corrected chi connectivity index (χ4v) is 1.91. The first-order chi connectivity index (χ1) is 10.5. The van der Waals surface area contributed by atoms with Gasteiger partial charge in [0, 0.05) is 19.2 Å². The Morgan fingerprint density at radius 1 is 1.13 bits per heavy atom. The Morgan fingerprint density at radius 2 is 1.74 bits per heavy atom. The second-order valence-corrected chi connectivity index (χ2v) is 6.94. The van der Waals surface area contributed by atoms with Gasteiger partial charge in [0.05, 0.1) is 6.54 Å². The van der Waals surface area contributed by atoms with Crippen molar-refractivity contribution in [2.75, 3.05) is 18.8 Å². The van der Waals surface area contributed by atoms with E-state index in [1.807, 2.05) is 0 Å². The second-order valence-electron chi connectivity index (χ2n) is 5.79. The molecule has 23 heavy (non-hydrogen) atoms. The lowest BCUT2D eigenvalue weighted by molar-refractivity contribution is -0.124. The highest BCUT2D eigenvalue weighted by Gasteiger charge is 2.21. The van der Waals surface area contributed by atoms with Gasteiger partial charge in [0.15, 0.2) is 0 Å². The van der Waals surface area contributed by atoms with Gasteiger partial charge in [-0.1, -0.05) is 11.8 Å². The van der Waals surface area contributed by atoms with Crippen LogP contribution in [-0.4, -0.2) is 53.5 Å². The summed E-state index contributed by atoms with van der Waals surface area (Å²) in [5, 5.41) is 7.15. The molecular formula is C14H25N3O5S. The highest BCUT2D eigenvalue weighted by atomic mass is 32.2. The number of thioether (sulfide) groups is 1. The number of ether oxygens (including phenoxy) is 1. The highest BCUT2D eigenvalue weighted by molar-refractivity contribution is 8.13. The zero-order valence-corrected chi connectivity index (χ0v) is 15.0. The van der Waals surface area contributed by atoms with E-state index in [-0.39, 0.29) is 17.6 Å². The van der Waals surface area contributed by atoms with Crippen molar-refractivity contribution in [3.05, 3.63) is 0 Å². The van der Waals surface area contributed by atoms with Gasteiger partial charge in [-0.15, -0.1) is 0 Å². The number of rotatable bonds is 7. The number of hydrogen-bond acceptors (Lipinski definition) is 6. The Balaban J connectivity index is 3.97. The first kappa shape index (κ1) is 21.2. The van der Waals surface area contributed by atoms with Crippen LogP contribution in [0.2, 0.25) is 0 Å². The van der Waals surface area contributed by atoms with Gasteiger partial charge in [0.25, 0.3) is 0 Å². The topological polar surface area (TPSA) is 114 Å². The molecule has 3 N–H and O–H groups in total. The smallest absolute Gasteiger partial charge is 0.408 e. The minimum atomic E-state index is -0.818. The van der Waals surface area contributed by atoms with Crippen molar-refractivity contribution in [1.82, 2.24) is 16.0 Å². The molecule has 0 saturated carbocycles. The van der Waals surface area contributed by atoms with Crippen molar-refractivity contribution in [1.29, 1.82) is 0 Å². The maximum absolute atomic E-state index is 11.8. The normalized spacial score (nSPS) is 12.0. The number of hydrogen-bond donors (Lipinski definition) is 3. The lowest BCUT2D eigenvalue weighted by Crippen LogP contribution is -2.47. The SMILES string of the molecule is CC(=O)NCCSC(=O)CNC(=O)[C@@H](C)NC(=O)OC(C)(C)C. The van der Waals surface area contributed by atoms with Gasteiger partial charge >= 0.3 is 6.09 Å². The van der Waals surface area contributed by atoms with Crippen molar-refractivity contribution < 1.29 is 23.9 Å². The van der Waals surface area contributed by atoms with Gasteiger partial charge in [-0.05, 0) is 27.7 Å². The van der Waals surface area contributed by atoms with E-state index >= 15 is 0 Å². The van der Waals surface area contributed by atoms with E-state index in [0.717, 1.165) is 11.8 Å². The molecule has 0 aliphatic rings. The fourth-order valence-electron chi connectivity index (χ4n) is 1.31. The Hall–Kier alpha value is -1.77. The van der Waals surface area contributed by atoms with Gasteiger partial charge in [0.2, 0.25) is 16.9 Å². The quantitative estimate of drug-likeness (QED) is 0.575. The van der Waals surface area contributed by atoms with Crippen molar-refractivity contribution in [3.8, 4) is 0 Å². The van der Waals surface area contributed by atoms with Crippen molar-refractivity contribution in [2.24, 2.45) is 0 Å². The number of nitrogens with one attached hydrogen (secondary N) is 3. The molecule has 3 amide bonds. The molecule has 0 radical (unpaired) electrons. The summed E-state index contributed by atoms with van der Waals surface area (Å²) in [4.78, 5) is 45.5. The largest absolute Gasteiger partial charge is 0.444 e. The molecule has 0 rings (SSSR count). The third kappa shape index (κ3) is 12.5. The monoisotopic (exact) mass is 347 g/mol. The predicted octanol–water partition coefficient (Wildman–Crippen LogP) is 0.412. The molecule has 0 aromatic rings. The summed E-state index contributed by atoms with van der Waals surface area (Å²) >= 11 is 1.01. The van der Waals surface area contributed by atoms with Gasteiger partial charge in [-0.3, -0.25) is 14.4 Å². The maximum atomic E-state index is 11.8. The van der Waals surface area contributed by atoms with E-state index in [1.54, 1.807) is 20.8 Å². The van der Waals surface area contributed by atoms with Gasteiger partial charge < -0.3 is 20.7 Å². The molecule has 0 heterocycles. The maximum Gasteiger partial charge on any atom is 0.408 e. The standard InChI is InChI=1S/C14H25N3O5S/c1-9(17-13(21)22-14(3,4)5)12(20)16-8-11(19)23-7-6-15-10(2)18/h9H,6-8H2,1-5H3,(H,15,18)(H,16,20)(H,17,21)/t9-/m1/s1. The minimum absolute atomic E-state index is 0.149. The van der Waals surface area contributed by atoms with Crippen molar-refractivity contribution in [3.63, 3.8) is 0 Å². The van der Waals surface area contributed by atoms with Crippen LogP contribution in [0.4, 0.5) is 4.79 Å². The van der Waals surface area contributed by atoms with Crippen LogP contribution >= 0.6 is 11.8 Å². The van der Waals surface area contributed by atoms with E-state index in [9.17, 15) is 19.2 Å². The third-order valence-electron chi connectivity index (χ3n) is 2.27. The molecule has 0 spiro atoms. The van der Waals surface area contributed by atoms with Crippen LogP contribution in [0, 0.1) is 0 Å². The van der Waals surface area contributed by atoms with Crippen LogP contribution in [0.1, 0.15) is 34.6 Å². The molecular weight excluding hydrogens is 322 g/mol. The lowest BCUT2D eigenvalue weighted by atomic mass is 10.2. The van der Waals surface area contributed by atoms with E-state index in [0.29, 0.717) is 12.3 Å². The Bertz CT molecular complexity index is 448. The third-order valence-corrected chi connectivity index (χ3v) is 3.15. The molecule has 132 valence electrons. The summed E-state index contributed by atoms with van der Waals surface area (Å²) in [7, 11) is 0. The molecule has 0 aromatic carbocycles. The first-order valence-corrected chi connectivity index (χ1v) is 8.17. The van der Waals surface area contributed by atoms with Crippen LogP contribution < -0.4 is 16.0 Å². The van der Waals surface area contributed by atoms with Crippen molar-refractivity contribution in [2.45, 2.75) is 46.3 Å². The van der Waals surface area contributed by atoms with Gasteiger partial charge in [-0.25, -0.2) is 4.79 Å². The van der Waals surface area contributed by atoms with E-state index in [2.05, 4.69) is 16.0 Å². The van der Waals surface area contributed by atoms with Gasteiger partial charge in [-0.2, -0.15) is 0 Å². The number of carbonyl (C=O) groups excluding carboxylic acids is 4. The summed E-state index contributed by atoms with van der Waals surface area (Å²) < 4.78 is 5.03.